The standard InChI is InChI=1S/C32H34N4O6/c37-30-20-41-27-13-24(12-26(14-27)40-19-23-3-4-23)32(39)35-28-17-36(31(38)10-7-21-2-1-11-33-15-21)18-29(28)42-25-8-5-22(6-9-25)16-34-30/h1-2,5-6,8-9,11-15,23,28-29H,3-4,7,10,16-20H2,(H,34,37)(H,35,39)/t28-,29-/m0/s1. The molecule has 3 amide bonds. The Morgan fingerprint density at radius 2 is 1.90 bits per heavy atom. The SMILES string of the molecule is O=C1COc2cc(OCC3CC3)cc(c2)C(=O)N[C@H]2CN(C(=O)CCc3cccnc3)C[C@@H]2Oc2ccc(cc2)CN1. The lowest BCUT2D eigenvalue weighted by Crippen LogP contribution is -2.45. The second kappa shape index (κ2) is 12.5. The summed E-state index contributed by atoms with van der Waals surface area (Å²) in [6, 6.07) is 15.7. The zero-order valence-electron chi connectivity index (χ0n) is 23.3. The van der Waals surface area contributed by atoms with Gasteiger partial charge in [0.05, 0.1) is 19.2 Å². The highest BCUT2D eigenvalue weighted by Gasteiger charge is 2.38. The van der Waals surface area contributed by atoms with Gasteiger partial charge in [-0.25, -0.2) is 0 Å². The molecule has 0 unspecified atom stereocenters. The summed E-state index contributed by atoms with van der Waals surface area (Å²) >= 11 is 0. The first-order valence-electron chi connectivity index (χ1n) is 14.4. The molecule has 7 rings (SSSR count). The molecule has 4 aliphatic rings. The topological polar surface area (TPSA) is 119 Å². The fourth-order valence-electron chi connectivity index (χ4n) is 5.07. The molecule has 4 bridgehead atoms. The van der Waals surface area contributed by atoms with E-state index in [9.17, 15) is 14.4 Å². The van der Waals surface area contributed by atoms with Crippen molar-refractivity contribution < 1.29 is 28.6 Å². The molecule has 1 aliphatic carbocycles. The average molecular weight is 571 g/mol. The van der Waals surface area contributed by atoms with E-state index in [-0.39, 0.29) is 24.3 Å². The van der Waals surface area contributed by atoms with E-state index in [1.54, 1.807) is 35.5 Å². The highest BCUT2D eigenvalue weighted by Crippen LogP contribution is 2.31. The van der Waals surface area contributed by atoms with Gasteiger partial charge in [0.25, 0.3) is 11.8 Å². The number of likely N-dealkylation sites (tertiary alicyclic amines) is 1. The van der Waals surface area contributed by atoms with Crippen LogP contribution in [0.2, 0.25) is 0 Å². The minimum Gasteiger partial charge on any atom is -0.493 e. The maximum Gasteiger partial charge on any atom is 0.258 e. The van der Waals surface area contributed by atoms with Gasteiger partial charge >= 0.3 is 0 Å². The number of rotatable bonds is 6. The van der Waals surface area contributed by atoms with Crippen molar-refractivity contribution in [2.45, 2.75) is 44.4 Å². The van der Waals surface area contributed by atoms with Crippen LogP contribution >= 0.6 is 0 Å². The largest absolute Gasteiger partial charge is 0.493 e. The highest BCUT2D eigenvalue weighted by molar-refractivity contribution is 5.95. The molecule has 0 spiro atoms. The van der Waals surface area contributed by atoms with Crippen molar-refractivity contribution in [1.29, 1.82) is 0 Å². The molecule has 2 aromatic carbocycles. The summed E-state index contributed by atoms with van der Waals surface area (Å²) in [4.78, 5) is 45.1. The van der Waals surface area contributed by atoms with Gasteiger partial charge in [-0.1, -0.05) is 18.2 Å². The Morgan fingerprint density at radius 3 is 2.69 bits per heavy atom. The van der Waals surface area contributed by atoms with Crippen molar-refractivity contribution in [2.24, 2.45) is 5.92 Å². The lowest BCUT2D eigenvalue weighted by Gasteiger charge is -2.21. The van der Waals surface area contributed by atoms with Crippen molar-refractivity contribution in [1.82, 2.24) is 20.5 Å². The summed E-state index contributed by atoms with van der Waals surface area (Å²) in [5.74, 6) is 1.38. The van der Waals surface area contributed by atoms with Crippen LogP contribution in [0.5, 0.6) is 17.2 Å². The second-order valence-corrected chi connectivity index (χ2v) is 11.1. The van der Waals surface area contributed by atoms with Crippen LogP contribution in [0.1, 0.15) is 40.7 Å². The van der Waals surface area contributed by atoms with E-state index < -0.39 is 12.1 Å². The second-order valence-electron chi connectivity index (χ2n) is 11.1. The van der Waals surface area contributed by atoms with Crippen LogP contribution in [0.4, 0.5) is 0 Å². The third kappa shape index (κ3) is 7.18. The van der Waals surface area contributed by atoms with Gasteiger partial charge in [-0.3, -0.25) is 19.4 Å². The Balaban J connectivity index is 1.23. The van der Waals surface area contributed by atoms with Crippen LogP contribution in [0.15, 0.2) is 67.0 Å². The monoisotopic (exact) mass is 570 g/mol. The van der Waals surface area contributed by atoms with E-state index in [1.165, 1.54) is 0 Å². The Kier molecular flexibility index (Phi) is 8.21. The number of aromatic nitrogens is 1. The summed E-state index contributed by atoms with van der Waals surface area (Å²) in [6.07, 6.45) is 6.20. The van der Waals surface area contributed by atoms with Gasteiger partial charge in [-0.15, -0.1) is 0 Å². The van der Waals surface area contributed by atoms with Crippen molar-refractivity contribution >= 4 is 17.7 Å². The Hall–Kier alpha value is -4.60. The number of benzene rings is 2. The van der Waals surface area contributed by atoms with E-state index in [1.807, 2.05) is 36.4 Å². The predicted octanol–water partition coefficient (Wildman–Crippen LogP) is 2.90. The summed E-state index contributed by atoms with van der Waals surface area (Å²) < 4.78 is 18.0. The molecule has 218 valence electrons. The Morgan fingerprint density at radius 1 is 1.05 bits per heavy atom. The number of aryl methyl sites for hydroxylation is 1. The number of fused-ring (bicyclic) bond motifs is 7. The first-order valence-corrected chi connectivity index (χ1v) is 14.4. The van der Waals surface area contributed by atoms with E-state index >= 15 is 0 Å². The number of hydrogen-bond donors (Lipinski definition) is 2. The number of ether oxygens (including phenoxy) is 3. The minimum absolute atomic E-state index is 0.0106. The predicted molar refractivity (Wildman–Crippen MR) is 153 cm³/mol. The molecule has 1 saturated carbocycles. The van der Waals surface area contributed by atoms with Crippen LogP contribution in [-0.2, 0) is 22.6 Å². The first kappa shape index (κ1) is 27.6. The first-order chi connectivity index (χ1) is 20.5. The van der Waals surface area contributed by atoms with Crippen LogP contribution in [0, 0.1) is 5.92 Å². The molecule has 10 nitrogen and oxygen atoms in total. The van der Waals surface area contributed by atoms with Gasteiger partial charge in [0.2, 0.25) is 5.91 Å². The minimum atomic E-state index is -0.456. The van der Waals surface area contributed by atoms with E-state index in [0.717, 1.165) is 24.0 Å². The molecule has 42 heavy (non-hydrogen) atoms. The van der Waals surface area contributed by atoms with Gasteiger partial charge in [0, 0.05) is 43.5 Å². The van der Waals surface area contributed by atoms with E-state index in [4.69, 9.17) is 14.2 Å². The zero-order chi connectivity index (χ0) is 28.9. The molecule has 0 radical (unpaired) electrons. The molecular weight excluding hydrogens is 536 g/mol. The maximum absolute atomic E-state index is 13.6. The molecule has 3 aliphatic heterocycles. The van der Waals surface area contributed by atoms with E-state index in [0.29, 0.717) is 67.8 Å². The number of pyridine rings is 1. The molecule has 2 N–H and O–H groups in total. The number of nitrogens with zero attached hydrogens (tertiary/aromatic N) is 2. The number of carbonyl (C=O) groups excluding carboxylic acids is 3. The van der Waals surface area contributed by atoms with Crippen LogP contribution < -0.4 is 24.8 Å². The quantitative estimate of drug-likeness (QED) is 0.468. The molecule has 4 heterocycles. The van der Waals surface area contributed by atoms with E-state index in [2.05, 4.69) is 15.6 Å². The molecule has 2 fully saturated rings. The summed E-state index contributed by atoms with van der Waals surface area (Å²) in [5, 5.41) is 5.94. The molecule has 2 atom stereocenters. The molecule has 1 aromatic heterocycles. The lowest BCUT2D eigenvalue weighted by molar-refractivity contribution is -0.130. The van der Waals surface area contributed by atoms with Crippen LogP contribution in [0.25, 0.3) is 0 Å². The fourth-order valence-corrected chi connectivity index (χ4v) is 5.07. The van der Waals surface area contributed by atoms with Crippen LogP contribution in [0.3, 0.4) is 0 Å². The molecule has 3 aromatic rings. The highest BCUT2D eigenvalue weighted by atomic mass is 16.5. The number of carbonyl (C=O) groups is 3. The van der Waals surface area contributed by atoms with Crippen LogP contribution in [-0.4, -0.2) is 66.1 Å². The maximum atomic E-state index is 13.6. The van der Waals surface area contributed by atoms with Gasteiger partial charge in [0.1, 0.15) is 23.4 Å². The van der Waals surface area contributed by atoms with Crippen molar-refractivity contribution in [2.75, 3.05) is 26.3 Å². The zero-order valence-corrected chi connectivity index (χ0v) is 23.3. The average Bonchev–Trinajstić information content (AvgIpc) is 3.77. The van der Waals surface area contributed by atoms with Gasteiger partial charge in [-0.05, 0) is 66.6 Å². The number of hydrogen-bond acceptors (Lipinski definition) is 7. The number of nitrogens with one attached hydrogen (secondary N) is 2. The molecule has 1 saturated heterocycles. The van der Waals surface area contributed by atoms with Crippen molar-refractivity contribution in [3.63, 3.8) is 0 Å². The van der Waals surface area contributed by atoms with Gasteiger partial charge < -0.3 is 29.7 Å². The summed E-state index contributed by atoms with van der Waals surface area (Å²) in [6.45, 7) is 1.36. The normalized spacial score (nSPS) is 20.4. The van der Waals surface area contributed by atoms with Crippen molar-refractivity contribution in [3.8, 4) is 17.2 Å². The smallest absolute Gasteiger partial charge is 0.258 e. The van der Waals surface area contributed by atoms with Gasteiger partial charge in [-0.2, -0.15) is 0 Å². The molecule has 10 heteroatoms. The lowest BCUT2D eigenvalue weighted by atomic mass is 10.1. The van der Waals surface area contributed by atoms with Gasteiger partial charge in [0.15, 0.2) is 6.61 Å². The Bertz CT molecular complexity index is 1430. The number of amides is 3. The third-order valence-corrected chi connectivity index (χ3v) is 7.68. The summed E-state index contributed by atoms with van der Waals surface area (Å²) in [7, 11) is 0. The molecular formula is C32H34N4O6. The Labute approximate surface area is 244 Å². The summed E-state index contributed by atoms with van der Waals surface area (Å²) in [5.41, 5.74) is 2.24. The fraction of sp³-hybridized carbons (Fsp3) is 0.375. The third-order valence-electron chi connectivity index (χ3n) is 7.68. The van der Waals surface area contributed by atoms with Crippen molar-refractivity contribution in [3.05, 3.63) is 83.7 Å².